The molecule has 0 saturated carbocycles. The molecule has 110 valence electrons. The van der Waals surface area contributed by atoms with Gasteiger partial charge in [0.15, 0.2) is 0 Å². The number of carboxylic acids is 1. The van der Waals surface area contributed by atoms with E-state index in [4.69, 9.17) is 0 Å². The first-order chi connectivity index (χ1) is 9.99. The molecule has 1 atom stereocenters. The van der Waals surface area contributed by atoms with Crippen molar-refractivity contribution in [1.82, 2.24) is 14.3 Å². The first kappa shape index (κ1) is 13.5. The second-order valence-electron chi connectivity index (χ2n) is 5.12. The van der Waals surface area contributed by atoms with E-state index in [9.17, 15) is 19.1 Å². The molecule has 1 aliphatic heterocycles. The normalized spacial score (nSPS) is 18.4. The van der Waals surface area contributed by atoms with Crippen molar-refractivity contribution in [2.75, 3.05) is 6.54 Å². The van der Waals surface area contributed by atoms with Gasteiger partial charge in [0.2, 0.25) is 0 Å². The lowest BCUT2D eigenvalue weighted by molar-refractivity contribution is -0.141. The molecule has 2 aromatic rings. The molecule has 1 amide bonds. The van der Waals surface area contributed by atoms with Crippen molar-refractivity contribution in [3.8, 4) is 0 Å². The molecule has 3 rings (SSSR count). The van der Waals surface area contributed by atoms with Gasteiger partial charge in [-0.05, 0) is 31.9 Å². The quantitative estimate of drug-likeness (QED) is 0.909. The minimum Gasteiger partial charge on any atom is -0.480 e. The Labute approximate surface area is 119 Å². The van der Waals surface area contributed by atoms with Crippen LogP contribution in [0.4, 0.5) is 4.39 Å². The summed E-state index contributed by atoms with van der Waals surface area (Å²) >= 11 is 0. The Hall–Kier alpha value is -2.44. The van der Waals surface area contributed by atoms with Crippen LogP contribution in [0.2, 0.25) is 0 Å². The van der Waals surface area contributed by atoms with Crippen molar-refractivity contribution in [3.05, 3.63) is 35.5 Å². The van der Waals surface area contributed by atoms with Crippen molar-refractivity contribution in [3.63, 3.8) is 0 Å². The van der Waals surface area contributed by atoms with Crippen molar-refractivity contribution >= 4 is 17.5 Å². The van der Waals surface area contributed by atoms with E-state index < -0.39 is 23.7 Å². The Morgan fingerprint density at radius 1 is 1.43 bits per heavy atom. The topological polar surface area (TPSA) is 74.9 Å². The van der Waals surface area contributed by atoms with Gasteiger partial charge in [-0.2, -0.15) is 0 Å². The van der Waals surface area contributed by atoms with Gasteiger partial charge in [-0.25, -0.2) is 14.2 Å². The zero-order valence-corrected chi connectivity index (χ0v) is 11.4. The van der Waals surface area contributed by atoms with E-state index in [0.29, 0.717) is 30.7 Å². The molecular weight excluding hydrogens is 277 g/mol. The number of likely N-dealkylation sites (tertiary alicyclic amines) is 1. The number of amides is 1. The highest BCUT2D eigenvalue weighted by Crippen LogP contribution is 2.22. The first-order valence-corrected chi connectivity index (χ1v) is 6.67. The molecule has 0 bridgehead atoms. The Morgan fingerprint density at radius 3 is 2.90 bits per heavy atom. The summed E-state index contributed by atoms with van der Waals surface area (Å²) in [5, 5.41) is 9.18. The fourth-order valence-corrected chi connectivity index (χ4v) is 2.80. The maximum Gasteiger partial charge on any atom is 0.326 e. The number of carboxylic acid groups (broad SMARTS) is 1. The minimum atomic E-state index is -1.02. The molecule has 2 aromatic heterocycles. The number of nitrogens with zero attached hydrogens (tertiary/aromatic N) is 3. The monoisotopic (exact) mass is 291 g/mol. The third kappa shape index (κ3) is 2.14. The molecule has 0 spiro atoms. The average Bonchev–Trinajstić information content (AvgIpc) is 3.01. The first-order valence-electron chi connectivity index (χ1n) is 6.67. The highest BCUT2D eigenvalue weighted by molar-refractivity contribution is 5.97. The van der Waals surface area contributed by atoms with Gasteiger partial charge in [0, 0.05) is 12.7 Å². The summed E-state index contributed by atoms with van der Waals surface area (Å²) in [6.07, 6.45) is 2.27. The number of carbonyl (C=O) groups is 2. The summed E-state index contributed by atoms with van der Waals surface area (Å²) in [5.41, 5.74) is 1.14. The number of hydrogen-bond donors (Lipinski definition) is 1. The number of rotatable bonds is 2. The van der Waals surface area contributed by atoms with Crippen LogP contribution in [0.1, 0.15) is 29.0 Å². The molecule has 1 unspecified atom stereocenters. The molecule has 1 N–H and O–H groups in total. The lowest BCUT2D eigenvalue weighted by Crippen LogP contribution is -2.41. The van der Waals surface area contributed by atoms with Gasteiger partial charge in [-0.1, -0.05) is 0 Å². The maximum atomic E-state index is 13.4. The summed E-state index contributed by atoms with van der Waals surface area (Å²) in [6.45, 7) is 2.04. The van der Waals surface area contributed by atoms with Crippen LogP contribution in [0.15, 0.2) is 18.3 Å². The van der Waals surface area contributed by atoms with E-state index in [-0.39, 0.29) is 5.69 Å². The number of aliphatic carboxylic acids is 1. The molecule has 6 nitrogen and oxygen atoms in total. The van der Waals surface area contributed by atoms with Gasteiger partial charge in [0.1, 0.15) is 23.2 Å². The van der Waals surface area contributed by atoms with Gasteiger partial charge >= 0.3 is 5.97 Å². The zero-order valence-electron chi connectivity index (χ0n) is 11.4. The number of fused-ring (bicyclic) bond motifs is 1. The summed E-state index contributed by atoms with van der Waals surface area (Å²) in [4.78, 5) is 29.4. The van der Waals surface area contributed by atoms with Gasteiger partial charge in [-0.3, -0.25) is 9.20 Å². The molecule has 1 saturated heterocycles. The molecule has 0 aliphatic carbocycles. The molecule has 21 heavy (non-hydrogen) atoms. The zero-order chi connectivity index (χ0) is 15.1. The predicted molar refractivity (Wildman–Crippen MR) is 71.6 cm³/mol. The Morgan fingerprint density at radius 2 is 2.19 bits per heavy atom. The summed E-state index contributed by atoms with van der Waals surface area (Å²) in [5.74, 6) is -1.92. The predicted octanol–water partition coefficient (Wildman–Crippen LogP) is 1.47. The van der Waals surface area contributed by atoms with E-state index in [1.807, 2.05) is 0 Å². The van der Waals surface area contributed by atoms with Crippen LogP contribution in [-0.2, 0) is 4.79 Å². The van der Waals surface area contributed by atoms with E-state index in [1.165, 1.54) is 27.6 Å². The Balaban J connectivity index is 2.07. The average molecular weight is 291 g/mol. The van der Waals surface area contributed by atoms with Gasteiger partial charge < -0.3 is 10.0 Å². The number of halogens is 1. The SMILES string of the molecule is Cc1nc2ccc(F)cn2c1C(=O)N1CCCC1C(=O)O. The number of imidazole rings is 1. The van der Waals surface area contributed by atoms with Crippen molar-refractivity contribution < 1.29 is 19.1 Å². The highest BCUT2D eigenvalue weighted by Gasteiger charge is 2.36. The van der Waals surface area contributed by atoms with E-state index in [1.54, 1.807) is 6.92 Å². The van der Waals surface area contributed by atoms with Crippen LogP contribution < -0.4 is 0 Å². The van der Waals surface area contributed by atoms with Gasteiger partial charge in [0.05, 0.1) is 5.69 Å². The van der Waals surface area contributed by atoms with Crippen molar-refractivity contribution in [2.24, 2.45) is 0 Å². The lowest BCUT2D eigenvalue weighted by atomic mass is 10.2. The van der Waals surface area contributed by atoms with E-state index in [2.05, 4.69) is 4.98 Å². The van der Waals surface area contributed by atoms with Crippen LogP contribution in [-0.4, -0.2) is 43.9 Å². The third-order valence-electron chi connectivity index (χ3n) is 3.76. The van der Waals surface area contributed by atoms with Gasteiger partial charge in [-0.15, -0.1) is 0 Å². The summed E-state index contributed by atoms with van der Waals surface area (Å²) in [7, 11) is 0. The molecule has 3 heterocycles. The van der Waals surface area contributed by atoms with Gasteiger partial charge in [0.25, 0.3) is 5.91 Å². The van der Waals surface area contributed by atoms with Crippen LogP contribution in [0, 0.1) is 12.7 Å². The molecule has 0 radical (unpaired) electrons. The number of aryl methyl sites for hydroxylation is 1. The second kappa shape index (κ2) is 4.83. The van der Waals surface area contributed by atoms with Crippen LogP contribution in [0.5, 0.6) is 0 Å². The molecule has 1 aliphatic rings. The van der Waals surface area contributed by atoms with Crippen LogP contribution in [0.25, 0.3) is 5.65 Å². The number of hydrogen-bond acceptors (Lipinski definition) is 3. The van der Waals surface area contributed by atoms with E-state index in [0.717, 1.165) is 0 Å². The fourth-order valence-electron chi connectivity index (χ4n) is 2.80. The molecule has 1 fully saturated rings. The summed E-state index contributed by atoms with van der Waals surface area (Å²) < 4.78 is 14.8. The second-order valence-corrected chi connectivity index (χ2v) is 5.12. The molecule has 0 aromatic carbocycles. The van der Waals surface area contributed by atoms with Crippen molar-refractivity contribution in [2.45, 2.75) is 25.8 Å². The molecular formula is C14H14FN3O3. The lowest BCUT2D eigenvalue weighted by Gasteiger charge is -2.21. The van der Waals surface area contributed by atoms with Crippen LogP contribution in [0.3, 0.4) is 0 Å². The van der Waals surface area contributed by atoms with Crippen molar-refractivity contribution in [1.29, 1.82) is 0 Å². The smallest absolute Gasteiger partial charge is 0.326 e. The number of aromatic nitrogens is 2. The maximum absolute atomic E-state index is 13.4. The largest absolute Gasteiger partial charge is 0.480 e. The number of carbonyl (C=O) groups excluding carboxylic acids is 1. The summed E-state index contributed by atoms with van der Waals surface area (Å²) in [6, 6.07) is 1.93. The third-order valence-corrected chi connectivity index (χ3v) is 3.76. The van der Waals surface area contributed by atoms with Crippen LogP contribution >= 0.6 is 0 Å². The standard InChI is InChI=1S/C14H14FN3O3/c1-8-12(18-7-9(15)4-5-11(18)16-8)13(19)17-6-2-3-10(17)14(20)21/h4-5,7,10H,2-3,6H2,1H3,(H,20,21). The Bertz CT molecular complexity index is 740. The highest BCUT2D eigenvalue weighted by atomic mass is 19.1. The van der Waals surface area contributed by atoms with E-state index >= 15 is 0 Å². The fraction of sp³-hybridized carbons (Fsp3) is 0.357. The minimum absolute atomic E-state index is 0.220. The number of pyridine rings is 1. The molecule has 7 heteroatoms. The Kier molecular flexibility index (Phi) is 3.12.